The minimum atomic E-state index is -4.38. The molecule has 0 amide bonds. The summed E-state index contributed by atoms with van der Waals surface area (Å²) in [4.78, 5) is 10.6. The molecule has 2 rings (SSSR count). The Morgan fingerprint density at radius 3 is 2.62 bits per heavy atom. The van der Waals surface area contributed by atoms with E-state index >= 15 is 0 Å². The fourth-order valence-corrected chi connectivity index (χ4v) is 1.99. The van der Waals surface area contributed by atoms with Crippen LogP contribution >= 0.6 is 0 Å². The molecule has 0 heterocycles. The topological polar surface area (TPSA) is 38.3 Å². The molecule has 2 aromatic rings. The molecular weight excluding hydrogens is 319 g/mol. The first-order chi connectivity index (χ1) is 11.4. The Kier molecular flexibility index (Phi) is 5.63. The van der Waals surface area contributed by atoms with Crippen molar-refractivity contribution in [2.24, 2.45) is 0 Å². The lowest BCUT2D eigenvalue weighted by atomic mass is 10.1. The number of alkyl halides is 3. The van der Waals surface area contributed by atoms with Crippen molar-refractivity contribution >= 4 is 12.0 Å². The number of para-hydroxylation sites is 2. The summed E-state index contributed by atoms with van der Waals surface area (Å²) in [6.45, 7) is 3.82. The molecule has 0 aliphatic heterocycles. The lowest BCUT2D eigenvalue weighted by Gasteiger charge is -2.14. The van der Waals surface area contributed by atoms with Crippen LogP contribution < -0.4 is 10.1 Å². The summed E-state index contributed by atoms with van der Waals surface area (Å²) in [5.74, 6) is 0.480. The first kappa shape index (κ1) is 17.6. The maximum Gasteiger partial charge on any atom is 0.416 e. The van der Waals surface area contributed by atoms with Crippen LogP contribution in [0.1, 0.15) is 11.1 Å². The van der Waals surface area contributed by atoms with E-state index in [1.165, 1.54) is 6.07 Å². The lowest BCUT2D eigenvalue weighted by Crippen LogP contribution is -2.08. The molecule has 126 valence electrons. The first-order valence-corrected chi connectivity index (χ1v) is 7.15. The number of carbonyl (C=O) groups excluding carboxylic acids is 1. The summed E-state index contributed by atoms with van der Waals surface area (Å²) >= 11 is 0. The third kappa shape index (κ3) is 4.87. The fourth-order valence-electron chi connectivity index (χ4n) is 1.99. The van der Waals surface area contributed by atoms with Gasteiger partial charge in [0.05, 0.1) is 11.3 Å². The maximum atomic E-state index is 12.7. The number of carbonyl (C=O) groups is 1. The van der Waals surface area contributed by atoms with Gasteiger partial charge in [-0.1, -0.05) is 30.8 Å². The summed E-state index contributed by atoms with van der Waals surface area (Å²) in [6.07, 6.45) is -3.73. The second-order valence-electron chi connectivity index (χ2n) is 5.11. The Hall–Kier alpha value is -2.76. The van der Waals surface area contributed by atoms with Crippen LogP contribution in [-0.2, 0) is 17.6 Å². The van der Waals surface area contributed by atoms with E-state index < -0.39 is 11.7 Å². The molecule has 0 saturated carbocycles. The van der Waals surface area contributed by atoms with Gasteiger partial charge in [-0.15, -0.1) is 0 Å². The molecule has 1 N–H and O–H groups in total. The van der Waals surface area contributed by atoms with E-state index in [0.29, 0.717) is 28.9 Å². The molecule has 3 nitrogen and oxygen atoms in total. The van der Waals surface area contributed by atoms with Crippen molar-refractivity contribution in [1.82, 2.24) is 0 Å². The normalized spacial score (nSPS) is 11.0. The zero-order valence-electron chi connectivity index (χ0n) is 12.8. The van der Waals surface area contributed by atoms with Gasteiger partial charge in [0.25, 0.3) is 0 Å². The first-order valence-electron chi connectivity index (χ1n) is 7.15. The van der Waals surface area contributed by atoms with Gasteiger partial charge in [0.15, 0.2) is 0 Å². The molecule has 0 radical (unpaired) electrons. The average molecular weight is 335 g/mol. The summed E-state index contributed by atoms with van der Waals surface area (Å²) < 4.78 is 43.8. The smallest absolute Gasteiger partial charge is 0.416 e. The minimum Gasteiger partial charge on any atom is -0.487 e. The molecule has 0 aromatic heterocycles. The molecular formula is C18H16F3NO2. The summed E-state index contributed by atoms with van der Waals surface area (Å²) in [5, 5.41) is 3.00. The van der Waals surface area contributed by atoms with Gasteiger partial charge in [-0.05, 0) is 29.8 Å². The van der Waals surface area contributed by atoms with Crippen LogP contribution in [0.25, 0.3) is 0 Å². The third-order valence-electron chi connectivity index (χ3n) is 3.21. The van der Waals surface area contributed by atoms with Gasteiger partial charge in [0.1, 0.15) is 18.6 Å². The Morgan fingerprint density at radius 1 is 1.17 bits per heavy atom. The number of nitrogens with one attached hydrogen (secondary N) is 1. The molecule has 6 heteroatoms. The monoisotopic (exact) mass is 335 g/mol. The van der Waals surface area contributed by atoms with E-state index in [0.717, 1.165) is 12.1 Å². The standard InChI is InChI=1S/C18H16F3NO2/c1-13(11-23)10-22-16-7-2-3-8-17(16)24-12-14-5-4-6-15(9-14)18(19,20)21/h2-9,11,22H,1,10,12H2. The van der Waals surface area contributed by atoms with Gasteiger partial charge in [-0.25, -0.2) is 0 Å². The van der Waals surface area contributed by atoms with Gasteiger partial charge in [-0.3, -0.25) is 4.79 Å². The number of hydrogen-bond donors (Lipinski definition) is 1. The summed E-state index contributed by atoms with van der Waals surface area (Å²) in [6, 6.07) is 12.0. The Morgan fingerprint density at radius 2 is 1.92 bits per heavy atom. The van der Waals surface area contributed by atoms with Crippen LogP contribution in [0, 0.1) is 0 Å². The number of rotatable bonds is 7. The van der Waals surface area contributed by atoms with Gasteiger partial charge in [0, 0.05) is 12.1 Å². The van der Waals surface area contributed by atoms with Crippen LogP contribution in [0.15, 0.2) is 60.7 Å². The number of benzene rings is 2. The van der Waals surface area contributed by atoms with Crippen LogP contribution in [0.5, 0.6) is 5.75 Å². The lowest BCUT2D eigenvalue weighted by molar-refractivity contribution is -0.137. The number of hydrogen-bond acceptors (Lipinski definition) is 3. The average Bonchev–Trinajstić information content (AvgIpc) is 2.58. The van der Waals surface area contributed by atoms with Gasteiger partial charge >= 0.3 is 6.18 Å². The van der Waals surface area contributed by atoms with E-state index in [1.807, 2.05) is 0 Å². The van der Waals surface area contributed by atoms with Crippen molar-refractivity contribution in [3.05, 3.63) is 71.8 Å². The van der Waals surface area contributed by atoms with Crippen molar-refractivity contribution in [3.63, 3.8) is 0 Å². The minimum absolute atomic E-state index is 0.00274. The number of halogens is 3. The molecule has 0 unspecified atom stereocenters. The molecule has 0 saturated heterocycles. The number of aldehydes is 1. The van der Waals surface area contributed by atoms with Crippen molar-refractivity contribution in [3.8, 4) is 5.75 Å². The quantitative estimate of drug-likeness (QED) is 0.600. The summed E-state index contributed by atoms with van der Waals surface area (Å²) in [7, 11) is 0. The van der Waals surface area contributed by atoms with Crippen LogP contribution in [0.2, 0.25) is 0 Å². The van der Waals surface area contributed by atoms with Crippen molar-refractivity contribution in [2.75, 3.05) is 11.9 Å². The fraction of sp³-hybridized carbons (Fsp3) is 0.167. The van der Waals surface area contributed by atoms with Crippen molar-refractivity contribution < 1.29 is 22.7 Å². The van der Waals surface area contributed by atoms with Crippen molar-refractivity contribution in [1.29, 1.82) is 0 Å². The molecule has 24 heavy (non-hydrogen) atoms. The largest absolute Gasteiger partial charge is 0.487 e. The van der Waals surface area contributed by atoms with E-state index in [2.05, 4.69) is 11.9 Å². The predicted molar refractivity (Wildman–Crippen MR) is 85.9 cm³/mol. The zero-order valence-corrected chi connectivity index (χ0v) is 12.8. The number of ether oxygens (including phenoxy) is 1. The molecule has 0 fully saturated rings. The van der Waals surface area contributed by atoms with Crippen molar-refractivity contribution in [2.45, 2.75) is 12.8 Å². The molecule has 0 spiro atoms. The van der Waals surface area contributed by atoms with E-state index in [4.69, 9.17) is 4.74 Å². The Balaban J connectivity index is 2.07. The second kappa shape index (κ2) is 7.68. The second-order valence-corrected chi connectivity index (χ2v) is 5.11. The highest BCUT2D eigenvalue weighted by Crippen LogP contribution is 2.30. The molecule has 0 aliphatic rings. The third-order valence-corrected chi connectivity index (χ3v) is 3.21. The maximum absolute atomic E-state index is 12.7. The molecule has 0 bridgehead atoms. The highest BCUT2D eigenvalue weighted by atomic mass is 19.4. The highest BCUT2D eigenvalue weighted by molar-refractivity contribution is 5.74. The van der Waals surface area contributed by atoms with E-state index in [1.54, 1.807) is 30.3 Å². The number of anilines is 1. The summed E-state index contributed by atoms with van der Waals surface area (Å²) in [5.41, 5.74) is 0.712. The van der Waals surface area contributed by atoms with Crippen LogP contribution in [0.4, 0.5) is 18.9 Å². The highest BCUT2D eigenvalue weighted by Gasteiger charge is 2.30. The Labute approximate surface area is 137 Å². The van der Waals surface area contributed by atoms with Crippen LogP contribution in [0.3, 0.4) is 0 Å². The zero-order chi connectivity index (χ0) is 17.6. The Bertz CT molecular complexity index is 726. The molecule has 2 aromatic carbocycles. The predicted octanol–water partition coefficient (Wildman–Crippen LogP) is 4.45. The SMILES string of the molecule is C=C(C=O)CNc1ccccc1OCc1cccc(C(F)(F)F)c1. The van der Waals surface area contributed by atoms with Gasteiger partial charge in [-0.2, -0.15) is 13.2 Å². The molecule has 0 atom stereocenters. The van der Waals surface area contributed by atoms with Gasteiger partial charge < -0.3 is 10.1 Å². The van der Waals surface area contributed by atoms with Crippen LogP contribution in [-0.4, -0.2) is 12.8 Å². The van der Waals surface area contributed by atoms with E-state index in [-0.39, 0.29) is 13.2 Å². The molecule has 0 aliphatic carbocycles. The van der Waals surface area contributed by atoms with Gasteiger partial charge in [0.2, 0.25) is 0 Å². The van der Waals surface area contributed by atoms with E-state index in [9.17, 15) is 18.0 Å².